The Kier molecular flexibility index (Phi) is 31.0. The van der Waals surface area contributed by atoms with E-state index in [1.807, 2.05) is 83.1 Å². The summed E-state index contributed by atoms with van der Waals surface area (Å²) in [5.74, 6) is -8.30. The molecule has 10 rings (SSSR count). The predicted molar refractivity (Wildman–Crippen MR) is 433 cm³/mol. The van der Waals surface area contributed by atoms with E-state index in [0.717, 1.165) is 22.9 Å². The summed E-state index contributed by atoms with van der Waals surface area (Å²) < 4.78 is 53.2. The third kappa shape index (κ3) is 24.1. The number of nitrogens with one attached hydrogen (secondary N) is 7. The molecule has 4 amide bonds. The fourth-order valence-corrected chi connectivity index (χ4v) is 13.1. The number of anilines is 8. The van der Waals surface area contributed by atoms with Gasteiger partial charge < -0.3 is 57.9 Å². The van der Waals surface area contributed by atoms with E-state index >= 15 is 0 Å². The number of aromatic carboxylic acids is 4. The number of aliphatic carboxylic acids is 1. The van der Waals surface area contributed by atoms with Gasteiger partial charge in [-0.1, -0.05) is 167 Å². The second-order valence-corrected chi connectivity index (χ2v) is 28.4. The summed E-state index contributed by atoms with van der Waals surface area (Å²) in [6, 6.07) is 59.3. The number of para-hydroxylation sites is 7. The molecule has 0 bridgehead atoms. The van der Waals surface area contributed by atoms with E-state index in [9.17, 15) is 85.2 Å². The molecule has 27 nitrogen and oxygen atoms in total. The van der Waals surface area contributed by atoms with Crippen LogP contribution in [0.5, 0.6) is 0 Å². The predicted octanol–water partition coefficient (Wildman–Crippen LogP) is 14.6. The van der Waals surface area contributed by atoms with Crippen LogP contribution in [0.1, 0.15) is 169 Å². The van der Waals surface area contributed by atoms with Gasteiger partial charge >= 0.3 is 29.8 Å². The SMILES string of the molecule is CCc1ccc(C(=O)O)c(C(=O)c2ccccc2NC(=O)CCCC(=O)O)c1N.CCc1cccc(C(=O)O)c1NC(=O)c1ccccc1NCc1ccccc1.CCc1cccc(C(=O)O)c1NC(=O)c1ccccc1NS(=O)(=O)c1ccc(C)cc1.CCc1cccc(C(=O)O)c1NC(=O)c1ccccc1NS(C)(=O)=O. The first-order chi connectivity index (χ1) is 53.8. The summed E-state index contributed by atoms with van der Waals surface area (Å²) >= 11 is 0. The topological polar surface area (TPSA) is 450 Å². The molecule has 0 heterocycles. The van der Waals surface area contributed by atoms with Crippen LogP contribution in [0.4, 0.5) is 45.5 Å². The van der Waals surface area contributed by atoms with Crippen LogP contribution in [0.25, 0.3) is 0 Å². The molecule has 29 heteroatoms. The minimum atomic E-state index is -3.92. The summed E-state index contributed by atoms with van der Waals surface area (Å²) in [5, 5.41) is 60.4. The molecule has 0 aliphatic heterocycles. The number of nitrogen functional groups attached to an aromatic ring is 1. The Labute approximate surface area is 652 Å². The van der Waals surface area contributed by atoms with Crippen molar-refractivity contribution in [2.45, 2.75) is 91.0 Å². The van der Waals surface area contributed by atoms with Gasteiger partial charge in [0.25, 0.3) is 27.7 Å². The third-order valence-electron chi connectivity index (χ3n) is 17.1. The molecule has 0 unspecified atom stereocenters. The second-order valence-electron chi connectivity index (χ2n) is 25.0. The number of ketones is 1. The quantitative estimate of drug-likeness (QED) is 0.0153. The first-order valence-corrected chi connectivity index (χ1v) is 38.6. The summed E-state index contributed by atoms with van der Waals surface area (Å²) in [6.45, 7) is 9.88. The lowest BCUT2D eigenvalue weighted by molar-refractivity contribution is -0.137. The molecule has 0 saturated heterocycles. The number of sulfonamides is 2. The van der Waals surface area contributed by atoms with Crippen molar-refractivity contribution in [2.75, 3.05) is 48.0 Å². The van der Waals surface area contributed by atoms with Crippen molar-refractivity contribution < 1.29 is 90.3 Å². The molecule has 0 atom stereocenters. The van der Waals surface area contributed by atoms with Crippen molar-refractivity contribution in [1.82, 2.24) is 0 Å². The van der Waals surface area contributed by atoms with Crippen LogP contribution in [-0.4, -0.2) is 108 Å². The van der Waals surface area contributed by atoms with Crippen molar-refractivity contribution in [1.29, 1.82) is 0 Å². The zero-order chi connectivity index (χ0) is 82.7. The number of carbonyl (C=O) groups is 10. The normalized spacial score (nSPS) is 10.7. The summed E-state index contributed by atoms with van der Waals surface area (Å²) in [5.41, 5.74) is 13.2. The van der Waals surface area contributed by atoms with Crippen molar-refractivity contribution >= 4 is 125 Å². The van der Waals surface area contributed by atoms with E-state index in [4.69, 9.17) is 10.8 Å². The number of carboxylic acid groups (broad SMARTS) is 5. The molecule has 113 heavy (non-hydrogen) atoms. The van der Waals surface area contributed by atoms with Crippen LogP contribution in [0.3, 0.4) is 0 Å². The highest BCUT2D eigenvalue weighted by molar-refractivity contribution is 7.92. The van der Waals surface area contributed by atoms with Gasteiger partial charge in [-0.3, -0.25) is 38.2 Å². The first kappa shape index (κ1) is 86.4. The van der Waals surface area contributed by atoms with Crippen LogP contribution in [0.2, 0.25) is 0 Å². The minimum absolute atomic E-state index is 0.0251. The van der Waals surface area contributed by atoms with Crippen molar-refractivity contribution in [3.05, 3.63) is 302 Å². The van der Waals surface area contributed by atoms with Gasteiger partial charge in [-0.15, -0.1) is 0 Å². The van der Waals surface area contributed by atoms with E-state index < -0.39 is 73.4 Å². The summed E-state index contributed by atoms with van der Waals surface area (Å²) in [6.07, 6.45) is 3.15. The average Bonchev–Trinajstić information content (AvgIpc) is 0.792. The Morgan fingerprint density at radius 2 is 0.752 bits per heavy atom. The molecule has 0 radical (unpaired) electrons. The standard InChI is InChI=1S/C23H22N2O5S.C23H22N2O3.C21H22N2O6.C17H18N2O5S/c1-3-16-7-6-9-19(23(27)28)21(16)24-22(26)18-8-4-5-10-20(18)25-31(29,30)17-13-11-15(2)12-14-17;1-2-17-11-8-13-19(23(27)28)21(17)25-22(26)18-12-6-7-14-20(18)24-15-16-9-4-3-5-10-16;1-2-12-10-11-14(21(28)29)18(19(12)22)20(27)13-6-3-4-7-15(13)23-16(24)8-5-9-17(25)26;1-3-11-7-6-9-13(17(21)22)15(11)18-16(20)12-8-4-5-10-14(12)19-25(2,23)24/h4-14,25H,3H2,1-2H3,(H,24,26)(H,27,28);3-14,24H,2,15H2,1H3,(H,25,26)(H,27,28);3-4,6-7,10-11H,2,5,8-9,22H2,1H3,(H,23,24)(H,25,26)(H,28,29);4-10,19H,3H2,1-2H3,(H,18,20)(H,21,22). The molecule has 14 N–H and O–H groups in total. The Morgan fingerprint density at radius 3 is 1.17 bits per heavy atom. The maximum absolute atomic E-state index is 13.2. The van der Waals surface area contributed by atoms with Crippen LogP contribution >= 0.6 is 0 Å². The van der Waals surface area contributed by atoms with Gasteiger partial charge in [0.15, 0.2) is 5.78 Å². The fourth-order valence-electron chi connectivity index (χ4n) is 11.4. The molecule has 586 valence electrons. The highest BCUT2D eigenvalue weighted by atomic mass is 32.2. The van der Waals surface area contributed by atoms with E-state index in [1.54, 1.807) is 97.1 Å². The van der Waals surface area contributed by atoms with Gasteiger partial charge in [0.2, 0.25) is 15.9 Å². The number of benzene rings is 10. The molecule has 0 aromatic heterocycles. The zero-order valence-electron chi connectivity index (χ0n) is 62.3. The lowest BCUT2D eigenvalue weighted by Gasteiger charge is -2.16. The maximum atomic E-state index is 13.2. The largest absolute Gasteiger partial charge is 0.481 e. The van der Waals surface area contributed by atoms with E-state index in [2.05, 4.69) is 36.0 Å². The van der Waals surface area contributed by atoms with Crippen LogP contribution < -0.4 is 41.8 Å². The molecule has 0 aliphatic carbocycles. The highest BCUT2D eigenvalue weighted by Gasteiger charge is 2.27. The number of carbonyl (C=O) groups excluding carboxylic acids is 5. The van der Waals surface area contributed by atoms with Crippen LogP contribution in [0, 0.1) is 6.92 Å². The molecular formula is C84H84N8O19S2. The van der Waals surface area contributed by atoms with E-state index in [0.29, 0.717) is 65.9 Å². The lowest BCUT2D eigenvalue weighted by Crippen LogP contribution is -2.20. The number of amides is 4. The number of rotatable bonds is 29. The number of hydrogen-bond donors (Lipinski definition) is 13. The number of nitrogens with two attached hydrogens (primary N) is 1. The molecule has 0 aliphatic rings. The highest BCUT2D eigenvalue weighted by Crippen LogP contribution is 2.32. The summed E-state index contributed by atoms with van der Waals surface area (Å²) in [7, 11) is -7.48. The van der Waals surface area contributed by atoms with Crippen molar-refractivity contribution in [3.8, 4) is 0 Å². The fraction of sp³-hybridized carbons (Fsp3) is 0.167. The van der Waals surface area contributed by atoms with Crippen molar-refractivity contribution in [2.24, 2.45) is 0 Å². The smallest absolute Gasteiger partial charge is 0.337 e. The Hall–Kier alpha value is -13.8. The summed E-state index contributed by atoms with van der Waals surface area (Å²) in [4.78, 5) is 121. The maximum Gasteiger partial charge on any atom is 0.337 e. The molecule has 0 spiro atoms. The van der Waals surface area contributed by atoms with Crippen molar-refractivity contribution in [3.63, 3.8) is 0 Å². The Balaban J connectivity index is 0.000000209. The minimum Gasteiger partial charge on any atom is -0.481 e. The Bertz CT molecular complexity index is 5450. The van der Waals surface area contributed by atoms with E-state index in [-0.39, 0.29) is 109 Å². The lowest BCUT2D eigenvalue weighted by atomic mass is 9.92. The molecule has 10 aromatic carbocycles. The van der Waals surface area contributed by atoms with Gasteiger partial charge in [0.05, 0.1) is 89.8 Å². The van der Waals surface area contributed by atoms with Crippen LogP contribution in [0.15, 0.2) is 223 Å². The first-order valence-electron chi connectivity index (χ1n) is 35.2. The van der Waals surface area contributed by atoms with Gasteiger partial charge in [-0.25, -0.2) is 36.0 Å². The van der Waals surface area contributed by atoms with Gasteiger partial charge in [-0.2, -0.15) is 0 Å². The number of aryl methyl sites for hydroxylation is 5. The Morgan fingerprint density at radius 1 is 0.372 bits per heavy atom. The second kappa shape index (κ2) is 40.6. The molecule has 0 saturated carbocycles. The monoisotopic (exact) mass is 1570 g/mol. The molecular weight excluding hydrogens is 1490 g/mol. The number of hydrogen-bond acceptors (Lipinski definition) is 16. The van der Waals surface area contributed by atoms with Gasteiger partial charge in [-0.05, 0) is 152 Å². The van der Waals surface area contributed by atoms with Gasteiger partial charge in [0, 0.05) is 36.3 Å². The zero-order valence-corrected chi connectivity index (χ0v) is 63.9. The van der Waals surface area contributed by atoms with Gasteiger partial charge in [0.1, 0.15) is 0 Å². The molecule has 0 fully saturated rings. The van der Waals surface area contributed by atoms with E-state index in [1.165, 1.54) is 72.8 Å². The average molecular weight is 1570 g/mol. The third-order valence-corrected chi connectivity index (χ3v) is 19.1. The van der Waals surface area contributed by atoms with Crippen LogP contribution in [-0.2, 0) is 61.9 Å². The molecule has 10 aromatic rings. The number of carboxylic acids is 5.